The van der Waals surface area contributed by atoms with Crippen LogP contribution in [0.5, 0.6) is 5.88 Å². The number of anilines is 2. The van der Waals surface area contributed by atoms with Crippen LogP contribution in [-0.2, 0) is 0 Å². The van der Waals surface area contributed by atoms with E-state index in [0.717, 1.165) is 12.8 Å². The second kappa shape index (κ2) is 6.61. The highest BCUT2D eigenvalue weighted by molar-refractivity contribution is 5.53. The molecular weight excluding hydrogens is 242 g/mol. The molecule has 1 fully saturated rings. The topological polar surface area (TPSA) is 80.4 Å². The van der Waals surface area contributed by atoms with Crippen LogP contribution >= 0.6 is 0 Å². The number of aliphatic hydroxyl groups is 1. The van der Waals surface area contributed by atoms with E-state index in [2.05, 4.69) is 17.2 Å². The highest BCUT2D eigenvalue weighted by Gasteiger charge is 2.22. The van der Waals surface area contributed by atoms with Crippen molar-refractivity contribution in [2.45, 2.75) is 38.7 Å². The van der Waals surface area contributed by atoms with Crippen molar-refractivity contribution in [3.63, 3.8) is 0 Å². The Bertz CT molecular complexity index is 408. The molecule has 0 saturated heterocycles. The van der Waals surface area contributed by atoms with E-state index in [4.69, 9.17) is 10.5 Å². The smallest absolute Gasteiger partial charge is 0.239 e. The van der Waals surface area contributed by atoms with Gasteiger partial charge in [0, 0.05) is 6.54 Å². The summed E-state index contributed by atoms with van der Waals surface area (Å²) in [6.45, 7) is 3.24. The highest BCUT2D eigenvalue weighted by atomic mass is 16.5. The fourth-order valence-corrected chi connectivity index (χ4v) is 1.80. The van der Waals surface area contributed by atoms with Crippen molar-refractivity contribution < 1.29 is 9.84 Å². The molecule has 1 aliphatic carbocycles. The van der Waals surface area contributed by atoms with E-state index < -0.39 is 0 Å². The van der Waals surface area contributed by atoms with Gasteiger partial charge >= 0.3 is 0 Å². The van der Waals surface area contributed by atoms with Crippen LogP contribution in [0.4, 0.5) is 11.5 Å². The molecule has 0 aliphatic heterocycles. The lowest BCUT2D eigenvalue weighted by atomic mass is 10.2. The van der Waals surface area contributed by atoms with E-state index in [-0.39, 0.29) is 6.10 Å². The van der Waals surface area contributed by atoms with E-state index >= 15 is 0 Å². The van der Waals surface area contributed by atoms with Crippen LogP contribution in [-0.4, -0.2) is 29.3 Å². The third-order valence-corrected chi connectivity index (χ3v) is 3.18. The largest absolute Gasteiger partial charge is 0.476 e. The van der Waals surface area contributed by atoms with Crippen LogP contribution < -0.4 is 15.8 Å². The molecule has 0 radical (unpaired) electrons. The molecule has 106 valence electrons. The standard InChI is InChI=1S/C14H23N3O2/c1-2-3-11(18)8-16-13-7-6-12(15)14(17-13)19-9-10-4-5-10/h6-7,10-11,18H,2-5,8-9,15H2,1H3,(H,16,17). The van der Waals surface area contributed by atoms with Crippen LogP contribution in [0.3, 0.4) is 0 Å². The average molecular weight is 265 g/mol. The monoisotopic (exact) mass is 265 g/mol. The van der Waals surface area contributed by atoms with Crippen molar-refractivity contribution in [2.24, 2.45) is 5.92 Å². The molecule has 1 unspecified atom stereocenters. The molecule has 5 nitrogen and oxygen atoms in total. The van der Waals surface area contributed by atoms with E-state index in [0.29, 0.717) is 36.5 Å². The molecule has 1 saturated carbocycles. The van der Waals surface area contributed by atoms with Crippen LogP contribution in [0, 0.1) is 5.92 Å². The number of aromatic nitrogens is 1. The van der Waals surface area contributed by atoms with Crippen LogP contribution in [0.25, 0.3) is 0 Å². The second-order valence-corrected chi connectivity index (χ2v) is 5.17. The molecule has 1 atom stereocenters. The molecular formula is C14H23N3O2. The van der Waals surface area contributed by atoms with Gasteiger partial charge in [0.15, 0.2) is 0 Å². The first-order valence-corrected chi connectivity index (χ1v) is 7.00. The molecule has 4 N–H and O–H groups in total. The molecule has 0 aromatic carbocycles. The number of ether oxygens (including phenoxy) is 1. The zero-order valence-electron chi connectivity index (χ0n) is 11.4. The van der Waals surface area contributed by atoms with Crippen molar-refractivity contribution in [3.05, 3.63) is 12.1 Å². The summed E-state index contributed by atoms with van der Waals surface area (Å²) in [5.74, 6) is 1.85. The molecule has 1 heterocycles. The molecule has 1 aromatic heterocycles. The zero-order chi connectivity index (χ0) is 13.7. The minimum absolute atomic E-state index is 0.347. The van der Waals surface area contributed by atoms with Crippen LogP contribution in [0.15, 0.2) is 12.1 Å². The lowest BCUT2D eigenvalue weighted by Gasteiger charge is -2.13. The molecule has 2 rings (SSSR count). The van der Waals surface area contributed by atoms with Gasteiger partial charge in [-0.2, -0.15) is 4.98 Å². The Kier molecular flexibility index (Phi) is 4.85. The van der Waals surface area contributed by atoms with Gasteiger partial charge in [0.25, 0.3) is 0 Å². The molecule has 19 heavy (non-hydrogen) atoms. The fourth-order valence-electron chi connectivity index (χ4n) is 1.80. The predicted molar refractivity (Wildman–Crippen MR) is 76.3 cm³/mol. The first kappa shape index (κ1) is 13.9. The van der Waals surface area contributed by atoms with E-state index in [1.807, 2.05) is 0 Å². The molecule has 0 bridgehead atoms. The number of hydrogen-bond acceptors (Lipinski definition) is 5. The summed E-state index contributed by atoms with van der Waals surface area (Å²) in [6.07, 6.45) is 3.88. The van der Waals surface area contributed by atoms with Gasteiger partial charge in [-0.15, -0.1) is 0 Å². The van der Waals surface area contributed by atoms with Crippen molar-refractivity contribution >= 4 is 11.5 Å². The average Bonchev–Trinajstić information content (AvgIpc) is 3.21. The molecule has 0 spiro atoms. The summed E-state index contributed by atoms with van der Waals surface area (Å²) in [7, 11) is 0. The Balaban J connectivity index is 1.87. The van der Waals surface area contributed by atoms with Gasteiger partial charge < -0.3 is 20.9 Å². The van der Waals surface area contributed by atoms with Crippen molar-refractivity contribution in [2.75, 3.05) is 24.2 Å². The number of nitrogens with two attached hydrogens (primary N) is 1. The van der Waals surface area contributed by atoms with Gasteiger partial charge in [-0.3, -0.25) is 0 Å². The number of nitrogens with zero attached hydrogens (tertiary/aromatic N) is 1. The first-order valence-electron chi connectivity index (χ1n) is 7.00. The van der Waals surface area contributed by atoms with Gasteiger partial charge in [-0.25, -0.2) is 0 Å². The lowest BCUT2D eigenvalue weighted by molar-refractivity contribution is 0.176. The predicted octanol–water partition coefficient (Wildman–Crippen LogP) is 2.03. The lowest BCUT2D eigenvalue weighted by Crippen LogP contribution is -2.19. The number of rotatable bonds is 8. The van der Waals surface area contributed by atoms with Crippen LogP contribution in [0.1, 0.15) is 32.6 Å². The van der Waals surface area contributed by atoms with Gasteiger partial charge in [-0.05, 0) is 37.3 Å². The van der Waals surface area contributed by atoms with Crippen LogP contribution in [0.2, 0.25) is 0 Å². The zero-order valence-corrected chi connectivity index (χ0v) is 11.4. The number of hydrogen-bond donors (Lipinski definition) is 3. The number of pyridine rings is 1. The van der Waals surface area contributed by atoms with E-state index in [1.165, 1.54) is 12.8 Å². The Hall–Kier alpha value is -1.49. The normalized spacial score (nSPS) is 16.1. The number of aliphatic hydroxyl groups excluding tert-OH is 1. The third kappa shape index (κ3) is 4.59. The quantitative estimate of drug-likeness (QED) is 0.670. The van der Waals surface area contributed by atoms with Gasteiger partial charge in [0.2, 0.25) is 5.88 Å². The number of nitrogen functional groups attached to an aromatic ring is 1. The minimum atomic E-state index is -0.347. The maximum Gasteiger partial charge on any atom is 0.239 e. The molecule has 1 aromatic rings. The van der Waals surface area contributed by atoms with E-state index in [1.54, 1.807) is 12.1 Å². The Labute approximate surface area is 114 Å². The van der Waals surface area contributed by atoms with Crippen molar-refractivity contribution in [1.82, 2.24) is 4.98 Å². The SMILES string of the molecule is CCCC(O)CNc1ccc(N)c(OCC2CC2)n1. The summed E-state index contributed by atoms with van der Waals surface area (Å²) in [5, 5.41) is 12.8. The Morgan fingerprint density at radius 2 is 2.32 bits per heavy atom. The molecule has 5 heteroatoms. The highest BCUT2D eigenvalue weighted by Crippen LogP contribution is 2.30. The van der Waals surface area contributed by atoms with E-state index in [9.17, 15) is 5.11 Å². The molecule has 0 amide bonds. The molecule has 1 aliphatic rings. The summed E-state index contributed by atoms with van der Waals surface area (Å²) in [6, 6.07) is 3.59. The second-order valence-electron chi connectivity index (χ2n) is 5.17. The summed E-state index contributed by atoms with van der Waals surface area (Å²) >= 11 is 0. The Morgan fingerprint density at radius 1 is 1.53 bits per heavy atom. The Morgan fingerprint density at radius 3 is 3.00 bits per heavy atom. The van der Waals surface area contributed by atoms with Crippen molar-refractivity contribution in [1.29, 1.82) is 0 Å². The van der Waals surface area contributed by atoms with Gasteiger partial charge in [0.05, 0.1) is 18.4 Å². The van der Waals surface area contributed by atoms with Gasteiger partial charge in [0.1, 0.15) is 5.82 Å². The summed E-state index contributed by atoms with van der Waals surface area (Å²) < 4.78 is 5.62. The summed E-state index contributed by atoms with van der Waals surface area (Å²) in [5.41, 5.74) is 6.39. The maximum absolute atomic E-state index is 9.67. The maximum atomic E-state index is 9.67. The first-order chi connectivity index (χ1) is 9.19. The fraction of sp³-hybridized carbons (Fsp3) is 0.643. The minimum Gasteiger partial charge on any atom is -0.476 e. The van der Waals surface area contributed by atoms with Gasteiger partial charge in [-0.1, -0.05) is 13.3 Å². The third-order valence-electron chi connectivity index (χ3n) is 3.18. The summed E-state index contributed by atoms with van der Waals surface area (Å²) in [4.78, 5) is 4.33. The number of nitrogens with one attached hydrogen (secondary N) is 1. The van der Waals surface area contributed by atoms with Crippen molar-refractivity contribution in [3.8, 4) is 5.88 Å².